The van der Waals surface area contributed by atoms with E-state index < -0.39 is 17.8 Å². The van der Waals surface area contributed by atoms with Crippen molar-refractivity contribution < 1.29 is 17.9 Å². The van der Waals surface area contributed by atoms with Gasteiger partial charge in [0.1, 0.15) is 5.82 Å². The molecule has 114 valence electrons. The molecule has 0 fully saturated rings. The number of nitrogens with zero attached hydrogens (tertiary/aromatic N) is 1. The molecular weight excluding hydrogens is 326 g/mol. The van der Waals surface area contributed by atoms with Crippen LogP contribution in [0.1, 0.15) is 17.6 Å². The average molecular weight is 338 g/mol. The molecule has 1 aromatic heterocycles. The molecule has 0 atom stereocenters. The first-order valence-electron chi connectivity index (χ1n) is 5.73. The lowest BCUT2D eigenvalue weighted by molar-refractivity contribution is 0.146. The van der Waals surface area contributed by atoms with Crippen molar-refractivity contribution in [2.45, 2.75) is 12.3 Å². The third-order valence-electron chi connectivity index (χ3n) is 2.83. The van der Waals surface area contributed by atoms with Gasteiger partial charge in [-0.05, 0) is 23.8 Å². The molecule has 0 amide bonds. The maximum atomic E-state index is 13.3. The van der Waals surface area contributed by atoms with Gasteiger partial charge in [-0.2, -0.15) is 0 Å². The second-order valence-corrected chi connectivity index (χ2v) is 4.33. The molecule has 0 bridgehead atoms. The summed E-state index contributed by atoms with van der Waals surface area (Å²) in [5, 5.41) is 0. The van der Waals surface area contributed by atoms with Crippen molar-refractivity contribution in [1.29, 1.82) is 0 Å². The molecule has 0 aliphatic rings. The molecule has 0 saturated carbocycles. The molecule has 1 aromatic carbocycles. The molecule has 2 aromatic rings. The number of ether oxygens (including phenoxy) is 1. The fourth-order valence-electron chi connectivity index (χ4n) is 1.83. The Kier molecular flexibility index (Phi) is 6.30. The highest BCUT2D eigenvalue weighted by molar-refractivity contribution is 6.17. The molecule has 0 saturated heterocycles. The number of aromatic nitrogens is 1. The second-order valence-electron chi connectivity index (χ2n) is 4.06. The molecule has 2 nitrogen and oxygen atoms in total. The summed E-state index contributed by atoms with van der Waals surface area (Å²) in [4.78, 5) is 4.05. The van der Waals surface area contributed by atoms with Gasteiger partial charge in [0.2, 0.25) is 5.88 Å². The Balaban J connectivity index is 0.00000220. The van der Waals surface area contributed by atoms with Gasteiger partial charge in [0, 0.05) is 17.3 Å². The summed E-state index contributed by atoms with van der Waals surface area (Å²) in [6, 6.07) is 5.23. The van der Waals surface area contributed by atoms with Crippen LogP contribution in [-0.4, -0.2) is 12.1 Å². The van der Waals surface area contributed by atoms with Crippen LogP contribution < -0.4 is 4.74 Å². The van der Waals surface area contributed by atoms with Crippen molar-refractivity contribution in [1.82, 2.24) is 4.98 Å². The molecule has 0 radical (unpaired) electrons. The molecule has 0 aliphatic heterocycles. The topological polar surface area (TPSA) is 22.1 Å². The molecule has 0 aliphatic carbocycles. The van der Waals surface area contributed by atoms with Crippen LogP contribution in [0.15, 0.2) is 30.5 Å². The van der Waals surface area contributed by atoms with E-state index in [-0.39, 0.29) is 18.3 Å². The summed E-state index contributed by atoms with van der Waals surface area (Å²) >= 11 is 5.78. The quantitative estimate of drug-likeness (QED) is 0.733. The predicted molar refractivity (Wildman–Crippen MR) is 77.9 cm³/mol. The van der Waals surface area contributed by atoms with E-state index in [1.165, 1.54) is 19.4 Å². The van der Waals surface area contributed by atoms with Gasteiger partial charge in [0.15, 0.2) is 0 Å². The molecule has 2 rings (SSSR count). The Bertz CT molecular complexity index is 623. The number of halogens is 5. The van der Waals surface area contributed by atoms with E-state index in [1.54, 1.807) is 6.07 Å². The number of alkyl halides is 3. The van der Waals surface area contributed by atoms with Crippen molar-refractivity contribution in [3.05, 3.63) is 47.4 Å². The van der Waals surface area contributed by atoms with Crippen LogP contribution in [-0.2, 0) is 5.88 Å². The Labute approximate surface area is 131 Å². The SMILES string of the molecule is COc1ncc(-c2ccc(F)c(C(F)F)c2)cc1CCl.Cl. The summed E-state index contributed by atoms with van der Waals surface area (Å²) in [7, 11) is 1.46. The first-order chi connectivity index (χ1) is 9.56. The molecule has 1 heterocycles. The molecular formula is C14H12Cl2F3NO. The van der Waals surface area contributed by atoms with Crippen LogP contribution in [0.25, 0.3) is 11.1 Å². The van der Waals surface area contributed by atoms with Crippen molar-refractivity contribution in [2.75, 3.05) is 7.11 Å². The number of hydrogen-bond acceptors (Lipinski definition) is 2. The largest absolute Gasteiger partial charge is 0.481 e. The highest BCUT2D eigenvalue weighted by atomic mass is 35.5. The first-order valence-corrected chi connectivity index (χ1v) is 6.27. The van der Waals surface area contributed by atoms with Gasteiger partial charge < -0.3 is 4.74 Å². The van der Waals surface area contributed by atoms with Crippen LogP contribution in [0.2, 0.25) is 0 Å². The Morgan fingerprint density at radius 3 is 2.52 bits per heavy atom. The van der Waals surface area contributed by atoms with E-state index in [9.17, 15) is 13.2 Å². The molecule has 0 spiro atoms. The van der Waals surface area contributed by atoms with Crippen molar-refractivity contribution >= 4 is 24.0 Å². The lowest BCUT2D eigenvalue weighted by Crippen LogP contribution is -1.95. The van der Waals surface area contributed by atoms with E-state index in [0.29, 0.717) is 22.6 Å². The lowest BCUT2D eigenvalue weighted by Gasteiger charge is -2.09. The van der Waals surface area contributed by atoms with E-state index in [2.05, 4.69) is 4.98 Å². The van der Waals surface area contributed by atoms with Gasteiger partial charge in [0.05, 0.1) is 18.6 Å². The number of benzene rings is 1. The second kappa shape index (κ2) is 7.52. The fraction of sp³-hybridized carbons (Fsp3) is 0.214. The summed E-state index contributed by atoms with van der Waals surface area (Å²) in [5.74, 6) is -0.380. The third kappa shape index (κ3) is 3.80. The van der Waals surface area contributed by atoms with E-state index in [0.717, 1.165) is 12.1 Å². The van der Waals surface area contributed by atoms with Crippen LogP contribution in [0.5, 0.6) is 5.88 Å². The fourth-order valence-corrected chi connectivity index (χ4v) is 2.02. The third-order valence-corrected chi connectivity index (χ3v) is 3.12. The predicted octanol–water partition coefficient (Wildman–Crippen LogP) is 4.99. The van der Waals surface area contributed by atoms with Crippen molar-refractivity contribution in [3.63, 3.8) is 0 Å². The number of methoxy groups -OCH3 is 1. The molecule has 0 unspecified atom stereocenters. The summed E-state index contributed by atoms with van der Waals surface area (Å²) in [6.45, 7) is 0. The summed E-state index contributed by atoms with van der Waals surface area (Å²) in [6.07, 6.45) is -1.40. The zero-order chi connectivity index (χ0) is 14.7. The van der Waals surface area contributed by atoms with Gasteiger partial charge in [-0.1, -0.05) is 6.07 Å². The van der Waals surface area contributed by atoms with E-state index >= 15 is 0 Å². The van der Waals surface area contributed by atoms with Gasteiger partial charge >= 0.3 is 0 Å². The minimum atomic E-state index is -2.87. The van der Waals surface area contributed by atoms with Gasteiger partial charge in [-0.25, -0.2) is 18.2 Å². The molecule has 0 N–H and O–H groups in total. The van der Waals surface area contributed by atoms with Crippen LogP contribution in [0.4, 0.5) is 13.2 Å². The van der Waals surface area contributed by atoms with Gasteiger partial charge in [0.25, 0.3) is 6.43 Å². The smallest absolute Gasteiger partial charge is 0.266 e. The number of rotatable bonds is 4. The number of hydrogen-bond donors (Lipinski definition) is 0. The average Bonchev–Trinajstić information content (AvgIpc) is 2.46. The lowest BCUT2D eigenvalue weighted by atomic mass is 10.0. The normalized spacial score (nSPS) is 10.4. The molecule has 7 heteroatoms. The summed E-state index contributed by atoms with van der Waals surface area (Å²) in [5.41, 5.74) is 1.02. The van der Waals surface area contributed by atoms with Gasteiger partial charge in [-0.15, -0.1) is 24.0 Å². The number of pyridine rings is 1. The maximum absolute atomic E-state index is 13.3. The monoisotopic (exact) mass is 337 g/mol. The zero-order valence-electron chi connectivity index (χ0n) is 10.9. The van der Waals surface area contributed by atoms with Crippen LogP contribution >= 0.6 is 24.0 Å². The minimum Gasteiger partial charge on any atom is -0.481 e. The van der Waals surface area contributed by atoms with Crippen LogP contribution in [0.3, 0.4) is 0 Å². The van der Waals surface area contributed by atoms with Gasteiger partial charge in [-0.3, -0.25) is 0 Å². The van der Waals surface area contributed by atoms with Crippen LogP contribution in [0, 0.1) is 5.82 Å². The minimum absolute atomic E-state index is 0. The van der Waals surface area contributed by atoms with E-state index in [4.69, 9.17) is 16.3 Å². The Hall–Kier alpha value is -1.46. The van der Waals surface area contributed by atoms with Crippen molar-refractivity contribution in [3.8, 4) is 17.0 Å². The molecule has 21 heavy (non-hydrogen) atoms. The standard InChI is InChI=1S/C14H11ClF3NO.ClH/c1-20-14-9(6-15)4-10(7-19-14)8-2-3-12(16)11(5-8)13(17)18;/h2-5,7,13H,6H2,1H3;1H. The Morgan fingerprint density at radius 2 is 1.95 bits per heavy atom. The summed E-state index contributed by atoms with van der Waals surface area (Å²) < 4.78 is 43.7. The Morgan fingerprint density at radius 1 is 1.24 bits per heavy atom. The van der Waals surface area contributed by atoms with Crippen molar-refractivity contribution in [2.24, 2.45) is 0 Å². The highest BCUT2D eigenvalue weighted by Crippen LogP contribution is 2.30. The zero-order valence-corrected chi connectivity index (χ0v) is 12.5. The highest BCUT2D eigenvalue weighted by Gasteiger charge is 2.15. The van der Waals surface area contributed by atoms with E-state index in [1.807, 2.05) is 0 Å². The first kappa shape index (κ1) is 17.6. The maximum Gasteiger partial charge on any atom is 0.266 e.